The second-order valence-electron chi connectivity index (χ2n) is 5.64. The molecule has 128 valence electrons. The summed E-state index contributed by atoms with van der Waals surface area (Å²) in [5.74, 6) is 1.11. The zero-order valence-corrected chi connectivity index (χ0v) is 13.9. The molecule has 1 aliphatic heterocycles. The van der Waals surface area contributed by atoms with Crippen molar-refractivity contribution in [1.29, 1.82) is 0 Å². The van der Waals surface area contributed by atoms with Crippen LogP contribution >= 0.6 is 11.6 Å². The van der Waals surface area contributed by atoms with Gasteiger partial charge in [0.1, 0.15) is 13.2 Å². The highest BCUT2D eigenvalue weighted by molar-refractivity contribution is 6.32. The lowest BCUT2D eigenvalue weighted by Gasteiger charge is -2.20. The highest BCUT2D eigenvalue weighted by atomic mass is 35.5. The number of nitrogens with zero attached hydrogens (tertiary/aromatic N) is 2. The molecule has 25 heavy (non-hydrogen) atoms. The van der Waals surface area contributed by atoms with Crippen molar-refractivity contribution in [1.82, 2.24) is 14.5 Å². The van der Waals surface area contributed by atoms with Crippen molar-refractivity contribution in [3.05, 3.63) is 61.9 Å². The van der Waals surface area contributed by atoms with Crippen LogP contribution in [0.5, 0.6) is 11.5 Å². The van der Waals surface area contributed by atoms with Crippen molar-refractivity contribution in [2.24, 2.45) is 0 Å². The van der Waals surface area contributed by atoms with Crippen molar-refractivity contribution >= 4 is 22.6 Å². The zero-order valence-electron chi connectivity index (χ0n) is 13.1. The van der Waals surface area contributed by atoms with Gasteiger partial charge in [0.15, 0.2) is 17.0 Å². The van der Waals surface area contributed by atoms with Gasteiger partial charge in [-0.3, -0.25) is 9.36 Å². The fourth-order valence-electron chi connectivity index (χ4n) is 2.83. The first kappa shape index (κ1) is 15.7. The van der Waals surface area contributed by atoms with Crippen molar-refractivity contribution in [3.8, 4) is 11.5 Å². The minimum absolute atomic E-state index is 0.205. The first-order valence-electron chi connectivity index (χ1n) is 7.79. The minimum atomic E-state index is -0.464. The van der Waals surface area contributed by atoms with Gasteiger partial charge < -0.3 is 14.5 Å². The highest BCUT2D eigenvalue weighted by Gasteiger charge is 2.17. The normalized spacial score (nSPS) is 13.2. The molecule has 0 amide bonds. The van der Waals surface area contributed by atoms with E-state index in [1.54, 1.807) is 18.2 Å². The van der Waals surface area contributed by atoms with E-state index >= 15 is 0 Å². The molecule has 3 heterocycles. The number of pyridine rings is 1. The van der Waals surface area contributed by atoms with Crippen molar-refractivity contribution in [2.75, 3.05) is 13.2 Å². The Balaban J connectivity index is 1.66. The Bertz CT molecular complexity index is 1070. The molecule has 1 aliphatic rings. The Labute approximate surface area is 146 Å². The number of hydrogen-bond donors (Lipinski definition) is 1. The number of halogens is 1. The highest BCUT2D eigenvalue weighted by Crippen LogP contribution is 2.38. The molecular weight excluding hydrogens is 346 g/mol. The van der Waals surface area contributed by atoms with E-state index in [4.69, 9.17) is 21.1 Å². The summed E-state index contributed by atoms with van der Waals surface area (Å²) in [5.41, 5.74) is 0.636. The molecular formula is C17H14ClN3O4. The monoisotopic (exact) mass is 359 g/mol. The topological polar surface area (TPSA) is 86.2 Å². The van der Waals surface area contributed by atoms with Crippen molar-refractivity contribution in [2.45, 2.75) is 13.0 Å². The van der Waals surface area contributed by atoms with Crippen LogP contribution in [0.4, 0.5) is 0 Å². The number of rotatable bonds is 3. The fraction of sp³-hybridized carbons (Fsp3) is 0.235. The fourth-order valence-corrected chi connectivity index (χ4v) is 3.12. The molecule has 0 bridgehead atoms. The van der Waals surface area contributed by atoms with E-state index < -0.39 is 11.2 Å². The quantitative estimate of drug-likeness (QED) is 0.770. The van der Waals surface area contributed by atoms with Gasteiger partial charge >= 0.3 is 5.69 Å². The standard InChI is InChI=1S/C17H14ClN3O4/c18-11-8-10(9-13-15(11)25-7-6-24-13)3-5-21-16(22)14-12(20-17(21)23)2-1-4-19-14/h1-2,4,8-9H,3,5-7H2,(H,20,23). The molecule has 0 saturated heterocycles. The van der Waals surface area contributed by atoms with Crippen LogP contribution in [-0.2, 0) is 13.0 Å². The van der Waals surface area contributed by atoms with Gasteiger partial charge in [-0.2, -0.15) is 0 Å². The minimum Gasteiger partial charge on any atom is -0.486 e. The third kappa shape index (κ3) is 2.87. The summed E-state index contributed by atoms with van der Waals surface area (Å²) in [6.45, 7) is 1.12. The Morgan fingerprint density at radius 2 is 2.08 bits per heavy atom. The van der Waals surface area contributed by atoms with Gasteiger partial charge in [-0.25, -0.2) is 9.78 Å². The second kappa shape index (κ2) is 6.25. The van der Waals surface area contributed by atoms with Gasteiger partial charge in [0.2, 0.25) is 0 Å². The van der Waals surface area contributed by atoms with Crippen LogP contribution in [0, 0.1) is 0 Å². The number of nitrogens with one attached hydrogen (secondary N) is 1. The number of hydrogen-bond acceptors (Lipinski definition) is 5. The molecule has 2 aromatic heterocycles. The van der Waals surface area contributed by atoms with E-state index in [0.29, 0.717) is 41.7 Å². The Hall–Kier alpha value is -2.80. The molecule has 0 spiro atoms. The first-order valence-corrected chi connectivity index (χ1v) is 8.17. The molecule has 1 aromatic carbocycles. The van der Waals surface area contributed by atoms with Gasteiger partial charge in [0.25, 0.3) is 5.56 Å². The van der Waals surface area contributed by atoms with Crippen molar-refractivity contribution < 1.29 is 9.47 Å². The van der Waals surface area contributed by atoms with Crippen LogP contribution in [0.3, 0.4) is 0 Å². The van der Waals surface area contributed by atoms with E-state index in [0.717, 1.165) is 10.1 Å². The first-order chi connectivity index (χ1) is 12.1. The summed E-state index contributed by atoms with van der Waals surface area (Å²) in [7, 11) is 0. The molecule has 1 N–H and O–H groups in total. The molecule has 3 aromatic rings. The molecule has 0 aliphatic carbocycles. The number of fused-ring (bicyclic) bond motifs is 2. The van der Waals surface area contributed by atoms with E-state index in [1.165, 1.54) is 6.20 Å². The number of ether oxygens (including phenoxy) is 2. The van der Waals surface area contributed by atoms with Crippen LogP contribution in [0.15, 0.2) is 40.1 Å². The van der Waals surface area contributed by atoms with Gasteiger partial charge in [-0.05, 0) is 36.2 Å². The maximum absolute atomic E-state index is 12.5. The lowest BCUT2D eigenvalue weighted by atomic mass is 10.1. The Morgan fingerprint density at radius 3 is 2.96 bits per heavy atom. The summed E-state index contributed by atoms with van der Waals surface area (Å²) >= 11 is 6.22. The molecule has 4 rings (SSSR count). The van der Waals surface area contributed by atoms with Gasteiger partial charge in [-0.1, -0.05) is 11.6 Å². The summed E-state index contributed by atoms with van der Waals surface area (Å²) in [5, 5.41) is 0.452. The summed E-state index contributed by atoms with van der Waals surface area (Å²) in [4.78, 5) is 31.4. The zero-order chi connectivity index (χ0) is 17.4. The summed E-state index contributed by atoms with van der Waals surface area (Å²) < 4.78 is 12.2. The smallest absolute Gasteiger partial charge is 0.328 e. The molecule has 0 radical (unpaired) electrons. The largest absolute Gasteiger partial charge is 0.486 e. The average Bonchev–Trinajstić information content (AvgIpc) is 2.61. The Kier molecular flexibility index (Phi) is 3.93. The number of aromatic amines is 1. The van der Waals surface area contributed by atoms with Crippen LogP contribution < -0.4 is 20.7 Å². The third-order valence-corrected chi connectivity index (χ3v) is 4.30. The summed E-state index contributed by atoms with van der Waals surface area (Å²) in [6.07, 6.45) is 1.96. The van der Waals surface area contributed by atoms with Crippen LogP contribution in [-0.4, -0.2) is 27.7 Å². The molecule has 0 fully saturated rings. The second-order valence-corrected chi connectivity index (χ2v) is 6.05. The molecule has 8 heteroatoms. The van der Waals surface area contributed by atoms with Crippen molar-refractivity contribution in [3.63, 3.8) is 0 Å². The van der Waals surface area contributed by atoms with E-state index in [2.05, 4.69) is 9.97 Å². The number of benzene rings is 1. The number of aryl methyl sites for hydroxylation is 1. The van der Waals surface area contributed by atoms with Crippen LogP contribution in [0.25, 0.3) is 11.0 Å². The SMILES string of the molecule is O=c1[nH]c2cccnc2c(=O)n1CCc1cc(Cl)c2c(c1)OCCO2. The van der Waals surface area contributed by atoms with E-state index in [-0.39, 0.29) is 12.1 Å². The van der Waals surface area contributed by atoms with Crippen LogP contribution in [0.1, 0.15) is 5.56 Å². The number of aromatic nitrogens is 3. The molecule has 0 unspecified atom stereocenters. The maximum Gasteiger partial charge on any atom is 0.328 e. The van der Waals surface area contributed by atoms with E-state index in [1.807, 2.05) is 6.07 Å². The number of H-pyrrole nitrogens is 1. The van der Waals surface area contributed by atoms with E-state index in [9.17, 15) is 9.59 Å². The Morgan fingerprint density at radius 1 is 1.24 bits per heavy atom. The predicted molar refractivity (Wildman–Crippen MR) is 92.8 cm³/mol. The van der Waals surface area contributed by atoms with Gasteiger partial charge in [-0.15, -0.1) is 0 Å². The maximum atomic E-state index is 12.5. The van der Waals surface area contributed by atoms with Gasteiger partial charge in [0, 0.05) is 12.7 Å². The lowest BCUT2D eigenvalue weighted by Crippen LogP contribution is -2.36. The summed E-state index contributed by atoms with van der Waals surface area (Å²) in [6, 6.07) is 6.89. The molecule has 0 saturated carbocycles. The van der Waals surface area contributed by atoms with Gasteiger partial charge in [0.05, 0.1) is 10.5 Å². The molecule has 7 nitrogen and oxygen atoms in total. The lowest BCUT2D eigenvalue weighted by molar-refractivity contribution is 0.171. The predicted octanol–water partition coefficient (Wildman–Crippen LogP) is 1.75. The van der Waals surface area contributed by atoms with Crippen LogP contribution in [0.2, 0.25) is 5.02 Å². The third-order valence-electron chi connectivity index (χ3n) is 4.02. The molecule has 0 atom stereocenters. The average molecular weight is 360 g/mol.